The Morgan fingerprint density at radius 2 is 2.27 bits per heavy atom. The first kappa shape index (κ1) is 12.5. The fourth-order valence-electron chi connectivity index (χ4n) is 1.72. The number of rotatable bonds is 4. The van der Waals surface area contributed by atoms with Crippen molar-refractivity contribution in [3.05, 3.63) is 0 Å². The van der Waals surface area contributed by atoms with Gasteiger partial charge in [0.05, 0.1) is 24.2 Å². The number of hydrogen-bond donors (Lipinski definition) is 0. The molecule has 15 heavy (non-hydrogen) atoms. The lowest BCUT2D eigenvalue weighted by atomic mass is 9.91. The van der Waals surface area contributed by atoms with Gasteiger partial charge in [-0.25, -0.2) is 0 Å². The SMILES string of the molecule is CCC1CN(CCC(C)(C)C#N)CCO1. The molecule has 0 aromatic carbocycles. The zero-order chi connectivity index (χ0) is 11.3. The Bertz CT molecular complexity index is 232. The van der Waals surface area contributed by atoms with Crippen molar-refractivity contribution in [2.24, 2.45) is 5.41 Å². The van der Waals surface area contributed by atoms with Crippen molar-refractivity contribution in [2.75, 3.05) is 26.2 Å². The second-order valence-corrected chi connectivity index (χ2v) is 4.95. The fraction of sp³-hybridized carbons (Fsp3) is 0.917. The van der Waals surface area contributed by atoms with Gasteiger partial charge in [-0.2, -0.15) is 5.26 Å². The predicted octanol–water partition coefficient (Wildman–Crippen LogP) is 2.04. The van der Waals surface area contributed by atoms with Crippen LogP contribution in [0.2, 0.25) is 0 Å². The van der Waals surface area contributed by atoms with E-state index in [1.54, 1.807) is 0 Å². The number of nitrogens with zero attached hydrogens (tertiary/aromatic N) is 2. The van der Waals surface area contributed by atoms with E-state index in [1.807, 2.05) is 13.8 Å². The van der Waals surface area contributed by atoms with Gasteiger partial charge in [-0.1, -0.05) is 6.92 Å². The van der Waals surface area contributed by atoms with Crippen molar-refractivity contribution < 1.29 is 4.74 Å². The maximum atomic E-state index is 8.93. The Labute approximate surface area is 93.0 Å². The van der Waals surface area contributed by atoms with Crippen molar-refractivity contribution in [3.8, 4) is 6.07 Å². The van der Waals surface area contributed by atoms with Crippen LogP contribution in [0.4, 0.5) is 0 Å². The minimum atomic E-state index is -0.194. The van der Waals surface area contributed by atoms with Crippen LogP contribution in [0.3, 0.4) is 0 Å². The van der Waals surface area contributed by atoms with Gasteiger partial charge in [-0.15, -0.1) is 0 Å². The maximum absolute atomic E-state index is 8.93. The summed E-state index contributed by atoms with van der Waals surface area (Å²) in [5, 5.41) is 8.93. The summed E-state index contributed by atoms with van der Waals surface area (Å²) in [6.07, 6.45) is 2.42. The third-order valence-corrected chi connectivity index (χ3v) is 3.03. The second-order valence-electron chi connectivity index (χ2n) is 4.95. The summed E-state index contributed by atoms with van der Waals surface area (Å²) >= 11 is 0. The standard InChI is InChI=1S/C12H22N2O/c1-4-11-9-14(7-8-15-11)6-5-12(2,3)10-13/h11H,4-9H2,1-3H3. The molecule has 0 aromatic heterocycles. The first-order valence-corrected chi connectivity index (χ1v) is 5.82. The highest BCUT2D eigenvalue weighted by Gasteiger charge is 2.22. The number of hydrogen-bond acceptors (Lipinski definition) is 3. The highest BCUT2D eigenvalue weighted by molar-refractivity contribution is 4.92. The molecule has 1 heterocycles. The van der Waals surface area contributed by atoms with Crippen LogP contribution >= 0.6 is 0 Å². The van der Waals surface area contributed by atoms with E-state index in [0.717, 1.165) is 39.1 Å². The van der Waals surface area contributed by atoms with Crippen molar-refractivity contribution in [1.29, 1.82) is 5.26 Å². The molecular formula is C12H22N2O. The van der Waals surface area contributed by atoms with Crippen molar-refractivity contribution in [1.82, 2.24) is 4.90 Å². The number of ether oxygens (including phenoxy) is 1. The smallest absolute Gasteiger partial charge is 0.0700 e. The Balaban J connectivity index is 2.30. The third-order valence-electron chi connectivity index (χ3n) is 3.03. The summed E-state index contributed by atoms with van der Waals surface area (Å²) < 4.78 is 5.61. The van der Waals surface area contributed by atoms with Gasteiger partial charge in [0.25, 0.3) is 0 Å². The summed E-state index contributed by atoms with van der Waals surface area (Å²) in [6, 6.07) is 2.35. The van der Waals surface area contributed by atoms with Gasteiger partial charge >= 0.3 is 0 Å². The minimum absolute atomic E-state index is 0.194. The zero-order valence-electron chi connectivity index (χ0n) is 10.1. The molecule has 1 atom stereocenters. The molecule has 1 aliphatic heterocycles. The van der Waals surface area contributed by atoms with Gasteiger partial charge in [-0.3, -0.25) is 4.90 Å². The third kappa shape index (κ3) is 4.19. The highest BCUT2D eigenvalue weighted by atomic mass is 16.5. The van der Waals surface area contributed by atoms with E-state index >= 15 is 0 Å². The largest absolute Gasteiger partial charge is 0.376 e. The molecule has 1 saturated heterocycles. The molecule has 0 bridgehead atoms. The van der Waals surface area contributed by atoms with E-state index in [9.17, 15) is 0 Å². The van der Waals surface area contributed by atoms with Crippen molar-refractivity contribution >= 4 is 0 Å². The van der Waals surface area contributed by atoms with E-state index in [4.69, 9.17) is 10.00 Å². The summed E-state index contributed by atoms with van der Waals surface area (Å²) in [7, 11) is 0. The first-order valence-electron chi connectivity index (χ1n) is 5.82. The van der Waals surface area contributed by atoms with Gasteiger partial charge in [-0.05, 0) is 33.2 Å². The fourth-order valence-corrected chi connectivity index (χ4v) is 1.72. The lowest BCUT2D eigenvalue weighted by Crippen LogP contribution is -2.43. The maximum Gasteiger partial charge on any atom is 0.0700 e. The number of morpholine rings is 1. The van der Waals surface area contributed by atoms with Gasteiger partial charge in [0.15, 0.2) is 0 Å². The molecule has 0 amide bonds. The van der Waals surface area contributed by atoms with Gasteiger partial charge in [0.1, 0.15) is 0 Å². The predicted molar refractivity (Wildman–Crippen MR) is 60.5 cm³/mol. The molecule has 1 rings (SSSR count). The Hall–Kier alpha value is -0.590. The average molecular weight is 210 g/mol. The second kappa shape index (κ2) is 5.48. The lowest BCUT2D eigenvalue weighted by molar-refractivity contribution is -0.0314. The topological polar surface area (TPSA) is 36.3 Å². The minimum Gasteiger partial charge on any atom is -0.376 e. The summed E-state index contributed by atoms with van der Waals surface area (Å²) in [5.74, 6) is 0. The summed E-state index contributed by atoms with van der Waals surface area (Å²) in [5.41, 5.74) is -0.194. The molecule has 1 fully saturated rings. The quantitative estimate of drug-likeness (QED) is 0.712. The molecule has 0 saturated carbocycles. The van der Waals surface area contributed by atoms with Gasteiger partial charge < -0.3 is 4.74 Å². The molecule has 0 spiro atoms. The van der Waals surface area contributed by atoms with Gasteiger partial charge in [0, 0.05) is 13.1 Å². The van der Waals surface area contributed by atoms with E-state index < -0.39 is 0 Å². The summed E-state index contributed by atoms with van der Waals surface area (Å²) in [6.45, 7) is 10.1. The Kier molecular flexibility index (Phi) is 4.56. The van der Waals surface area contributed by atoms with Crippen molar-refractivity contribution in [3.63, 3.8) is 0 Å². The monoisotopic (exact) mass is 210 g/mol. The van der Waals surface area contributed by atoms with Crippen LogP contribution in [0.15, 0.2) is 0 Å². The average Bonchev–Trinajstić information content (AvgIpc) is 2.27. The van der Waals surface area contributed by atoms with E-state index in [2.05, 4.69) is 17.9 Å². The van der Waals surface area contributed by atoms with Crippen LogP contribution in [-0.4, -0.2) is 37.2 Å². The normalized spacial score (nSPS) is 23.7. The molecule has 0 radical (unpaired) electrons. The van der Waals surface area contributed by atoms with E-state index in [1.165, 1.54) is 0 Å². The molecule has 3 heteroatoms. The van der Waals surface area contributed by atoms with Crippen molar-refractivity contribution in [2.45, 2.75) is 39.7 Å². The number of nitriles is 1. The van der Waals surface area contributed by atoms with E-state index in [-0.39, 0.29) is 5.41 Å². The molecule has 1 aliphatic rings. The molecule has 3 nitrogen and oxygen atoms in total. The van der Waals surface area contributed by atoms with E-state index in [0.29, 0.717) is 6.10 Å². The lowest BCUT2D eigenvalue weighted by Gasteiger charge is -2.33. The zero-order valence-corrected chi connectivity index (χ0v) is 10.1. The molecule has 0 aliphatic carbocycles. The van der Waals surface area contributed by atoms with Crippen LogP contribution in [-0.2, 0) is 4.74 Å². The Morgan fingerprint density at radius 1 is 1.53 bits per heavy atom. The Morgan fingerprint density at radius 3 is 2.87 bits per heavy atom. The molecule has 0 N–H and O–H groups in total. The first-order chi connectivity index (χ1) is 7.07. The van der Waals surface area contributed by atoms with Crippen LogP contribution in [0.25, 0.3) is 0 Å². The van der Waals surface area contributed by atoms with Gasteiger partial charge in [0.2, 0.25) is 0 Å². The van der Waals surface area contributed by atoms with Crippen LogP contribution in [0.5, 0.6) is 0 Å². The molecule has 86 valence electrons. The molecular weight excluding hydrogens is 188 g/mol. The summed E-state index contributed by atoms with van der Waals surface area (Å²) in [4.78, 5) is 2.41. The molecule has 1 unspecified atom stereocenters. The highest BCUT2D eigenvalue weighted by Crippen LogP contribution is 2.20. The van der Waals surface area contributed by atoms with Crippen LogP contribution in [0, 0.1) is 16.7 Å². The van der Waals surface area contributed by atoms with Crippen LogP contribution < -0.4 is 0 Å². The van der Waals surface area contributed by atoms with Crippen LogP contribution in [0.1, 0.15) is 33.6 Å². The molecule has 0 aromatic rings.